The Morgan fingerprint density at radius 1 is 0.213 bits per heavy atom. The second kappa shape index (κ2) is 21.5. The number of fused-ring (bicyclic) bond motifs is 12. The molecule has 0 spiro atoms. The Balaban J connectivity index is 0.916. The third kappa shape index (κ3) is 8.65. The van der Waals surface area contributed by atoms with E-state index in [9.17, 15) is 0 Å². The van der Waals surface area contributed by atoms with Gasteiger partial charge in [-0.15, -0.1) is 0 Å². The molecule has 0 unspecified atom stereocenters. The van der Waals surface area contributed by atoms with Gasteiger partial charge in [0.2, 0.25) is 0 Å². The Morgan fingerprint density at radius 3 is 1.10 bits per heavy atom. The van der Waals surface area contributed by atoms with E-state index in [1.165, 1.54) is 21.8 Å². The van der Waals surface area contributed by atoms with Crippen LogP contribution in [0.15, 0.2) is 336 Å². The summed E-state index contributed by atoms with van der Waals surface area (Å²) in [6.45, 7) is 0. The molecule has 0 aliphatic carbocycles. The Morgan fingerprint density at radius 2 is 0.585 bits per heavy atom. The minimum atomic E-state index is 0.609. The van der Waals surface area contributed by atoms with E-state index in [0.717, 1.165) is 161 Å². The number of hydrogen-bond acceptors (Lipinski definition) is 4. The van der Waals surface area contributed by atoms with E-state index in [4.69, 9.17) is 18.8 Å². The molecule has 438 valence electrons. The van der Waals surface area contributed by atoms with E-state index in [0.29, 0.717) is 5.82 Å². The lowest BCUT2D eigenvalue weighted by molar-refractivity contribution is 0.668. The van der Waals surface area contributed by atoms with Crippen LogP contribution in [0.1, 0.15) is 0 Å². The average Bonchev–Trinajstić information content (AvgIpc) is 1.34. The second-order valence-corrected chi connectivity index (χ2v) is 24.3. The molecular weight excluding hydrogens is 1140 g/mol. The van der Waals surface area contributed by atoms with Crippen molar-refractivity contribution in [3.8, 4) is 101 Å². The fourth-order valence-electron chi connectivity index (χ4n) is 14.6. The molecule has 0 radical (unpaired) electrons. The molecule has 94 heavy (non-hydrogen) atoms. The van der Waals surface area contributed by atoms with Crippen LogP contribution in [0, 0.1) is 0 Å². The normalized spacial score (nSPS) is 11.8. The molecule has 0 N–H and O–H groups in total. The van der Waals surface area contributed by atoms with Crippen molar-refractivity contribution in [1.82, 2.24) is 19.1 Å². The van der Waals surface area contributed by atoms with Gasteiger partial charge in [0.15, 0.2) is 5.82 Å². The molecule has 0 saturated heterocycles. The molecule has 19 aromatic rings. The van der Waals surface area contributed by atoms with Crippen LogP contribution in [-0.4, -0.2) is 19.1 Å². The second-order valence-electron chi connectivity index (χ2n) is 24.3. The summed E-state index contributed by atoms with van der Waals surface area (Å²) in [5.74, 6) is 0.609. The van der Waals surface area contributed by atoms with Crippen molar-refractivity contribution in [3.63, 3.8) is 0 Å². The minimum absolute atomic E-state index is 0.609. The van der Waals surface area contributed by atoms with E-state index >= 15 is 0 Å². The SMILES string of the molecule is c1ccc(-c2cc(-c3ccccc3)nc(-c3cc(-c4ccccc4-c4ccc5oc6ccccc6c5c4)c(-n4c5ccccc5c5cc(-c6ccc7c(c6)c6ccccc6n7-c6ccccc6)ccc54)c(-c4ccccc4-c4ccc5oc6ccccc6c5c4)c3)n2)cc1. The van der Waals surface area contributed by atoms with Gasteiger partial charge in [-0.1, -0.05) is 224 Å². The third-order valence-corrected chi connectivity index (χ3v) is 19.0. The molecule has 6 nitrogen and oxygen atoms in total. The number of furan rings is 2. The van der Waals surface area contributed by atoms with Gasteiger partial charge in [-0.2, -0.15) is 0 Å². The maximum absolute atomic E-state index is 6.48. The number of aromatic nitrogens is 4. The largest absolute Gasteiger partial charge is 0.456 e. The van der Waals surface area contributed by atoms with Crippen molar-refractivity contribution in [2.75, 3.05) is 0 Å². The quantitative estimate of drug-likeness (QED) is 0.137. The van der Waals surface area contributed by atoms with Gasteiger partial charge in [0.1, 0.15) is 22.3 Å². The fraction of sp³-hybridized carbons (Fsp3) is 0. The zero-order valence-electron chi connectivity index (χ0n) is 50.8. The highest BCUT2D eigenvalue weighted by Gasteiger charge is 2.27. The average molecular weight is 1200 g/mol. The van der Waals surface area contributed by atoms with Gasteiger partial charge >= 0.3 is 0 Å². The zero-order chi connectivity index (χ0) is 61.8. The Labute approximate surface area is 540 Å². The molecule has 0 fully saturated rings. The van der Waals surface area contributed by atoms with Crippen molar-refractivity contribution in [1.29, 1.82) is 0 Å². The third-order valence-electron chi connectivity index (χ3n) is 19.0. The molecule has 0 aliphatic heterocycles. The Bertz CT molecular complexity index is 5990. The maximum atomic E-state index is 6.48. The summed E-state index contributed by atoms with van der Waals surface area (Å²) in [7, 11) is 0. The maximum Gasteiger partial charge on any atom is 0.160 e. The van der Waals surface area contributed by atoms with E-state index in [1.54, 1.807) is 0 Å². The van der Waals surface area contributed by atoms with Gasteiger partial charge < -0.3 is 18.0 Å². The number of benzene rings is 14. The summed E-state index contributed by atoms with van der Waals surface area (Å²) < 4.78 is 17.9. The Hall–Kier alpha value is -12.6. The molecule has 0 aliphatic rings. The first-order valence-electron chi connectivity index (χ1n) is 31.9. The van der Waals surface area contributed by atoms with Crippen LogP contribution in [0.2, 0.25) is 0 Å². The highest BCUT2D eigenvalue weighted by atomic mass is 16.3. The predicted octanol–water partition coefficient (Wildman–Crippen LogP) is 23.8. The predicted molar refractivity (Wildman–Crippen MR) is 389 cm³/mol. The van der Waals surface area contributed by atoms with E-state index in [-0.39, 0.29) is 0 Å². The minimum Gasteiger partial charge on any atom is -0.456 e. The van der Waals surface area contributed by atoms with Crippen LogP contribution in [0.4, 0.5) is 0 Å². The van der Waals surface area contributed by atoms with Gasteiger partial charge in [-0.05, 0) is 148 Å². The summed E-state index contributed by atoms with van der Waals surface area (Å²) >= 11 is 0. The zero-order valence-corrected chi connectivity index (χ0v) is 50.8. The molecule has 6 heteroatoms. The van der Waals surface area contributed by atoms with Gasteiger partial charge in [0.25, 0.3) is 0 Å². The van der Waals surface area contributed by atoms with Crippen molar-refractivity contribution < 1.29 is 8.83 Å². The van der Waals surface area contributed by atoms with Crippen molar-refractivity contribution >= 4 is 87.5 Å². The molecule has 0 amide bonds. The van der Waals surface area contributed by atoms with Crippen molar-refractivity contribution in [3.05, 3.63) is 328 Å². The standard InChI is InChI=1S/C88H54N4O2/c1-4-22-55(23-5-1)77-54-78(56-24-6-2-7-25-56)90-88(89-77)61-52-75(65-30-12-10-28-63(65)59-42-46-85-73(50-59)69-34-16-20-38-83(69)93-85)87(76(53-61)66-31-13-11-29-64(66)60-43-47-86-74(51-60)70-35-17-21-39-84(70)94-86)92-80-37-19-15-33-68(80)72-49-58(41-45-82(72)92)57-40-44-81-71(48-57)67-32-14-18-36-79(67)91(81)62-26-8-3-9-27-62/h1-54H. The summed E-state index contributed by atoms with van der Waals surface area (Å²) in [5.41, 5.74) is 25.3. The molecule has 5 heterocycles. The van der Waals surface area contributed by atoms with Crippen LogP contribution in [0.25, 0.3) is 188 Å². The molecule has 19 rings (SSSR count). The van der Waals surface area contributed by atoms with Gasteiger partial charge in [-0.25, -0.2) is 9.97 Å². The highest BCUT2D eigenvalue weighted by Crippen LogP contribution is 2.50. The number of nitrogens with zero attached hydrogens (tertiary/aromatic N) is 4. The molecule has 0 atom stereocenters. The van der Waals surface area contributed by atoms with Crippen LogP contribution < -0.4 is 0 Å². The first-order valence-corrected chi connectivity index (χ1v) is 31.9. The summed E-state index contributed by atoms with van der Waals surface area (Å²) in [5, 5.41) is 8.99. The van der Waals surface area contributed by atoms with E-state index < -0.39 is 0 Å². The van der Waals surface area contributed by atoms with Gasteiger partial charge in [-0.3, -0.25) is 0 Å². The smallest absolute Gasteiger partial charge is 0.160 e. The summed E-state index contributed by atoms with van der Waals surface area (Å²) in [6, 6.07) is 118. The van der Waals surface area contributed by atoms with E-state index in [1.807, 2.05) is 24.3 Å². The van der Waals surface area contributed by atoms with Gasteiger partial charge in [0, 0.05) is 76.6 Å². The lowest BCUT2D eigenvalue weighted by atomic mass is 9.86. The molecular formula is C88H54N4O2. The highest BCUT2D eigenvalue weighted by molar-refractivity contribution is 6.15. The van der Waals surface area contributed by atoms with Crippen LogP contribution >= 0.6 is 0 Å². The molecule has 5 aromatic heterocycles. The van der Waals surface area contributed by atoms with E-state index in [2.05, 4.69) is 312 Å². The van der Waals surface area contributed by atoms with Crippen LogP contribution in [0.5, 0.6) is 0 Å². The summed E-state index contributed by atoms with van der Waals surface area (Å²) in [6.07, 6.45) is 0. The first-order chi connectivity index (χ1) is 46.6. The molecule has 0 saturated carbocycles. The van der Waals surface area contributed by atoms with Crippen molar-refractivity contribution in [2.45, 2.75) is 0 Å². The monoisotopic (exact) mass is 1200 g/mol. The molecule has 0 bridgehead atoms. The Kier molecular flexibility index (Phi) is 12.2. The fourth-order valence-corrected chi connectivity index (χ4v) is 14.6. The number of rotatable bonds is 10. The molecule has 14 aromatic carbocycles. The van der Waals surface area contributed by atoms with Crippen LogP contribution in [0.3, 0.4) is 0 Å². The lowest BCUT2D eigenvalue weighted by Gasteiger charge is -2.24. The lowest BCUT2D eigenvalue weighted by Crippen LogP contribution is -2.04. The van der Waals surface area contributed by atoms with Crippen molar-refractivity contribution in [2.24, 2.45) is 0 Å². The first kappa shape index (κ1) is 53.2. The topological polar surface area (TPSA) is 61.9 Å². The number of hydrogen-bond donors (Lipinski definition) is 0. The van der Waals surface area contributed by atoms with Gasteiger partial charge in [0.05, 0.1) is 39.1 Å². The number of para-hydroxylation sites is 5. The summed E-state index contributed by atoms with van der Waals surface area (Å²) in [4.78, 5) is 11.2. The van der Waals surface area contributed by atoms with Crippen LogP contribution in [-0.2, 0) is 0 Å².